The Morgan fingerprint density at radius 2 is 1.80 bits per heavy atom. The van der Waals surface area contributed by atoms with Gasteiger partial charge in [-0.05, 0) is 64.5 Å². The summed E-state index contributed by atoms with van der Waals surface area (Å²) in [6.45, 7) is 8.99. The largest absolute Gasteiger partial charge is 0.414 e. The van der Waals surface area contributed by atoms with E-state index in [1.807, 2.05) is 33.8 Å². The van der Waals surface area contributed by atoms with Crippen LogP contribution in [-0.4, -0.2) is 118 Å². The van der Waals surface area contributed by atoms with Gasteiger partial charge in [-0.2, -0.15) is 0 Å². The van der Waals surface area contributed by atoms with E-state index in [0.29, 0.717) is 50.7 Å². The molecule has 11 heteroatoms. The van der Waals surface area contributed by atoms with Crippen LogP contribution in [-0.2, 0) is 9.53 Å². The number of para-hydroxylation sites is 1. The minimum absolute atomic E-state index is 0.0429. The number of hydrogen-bond donors (Lipinski definition) is 2. The van der Waals surface area contributed by atoms with Crippen LogP contribution >= 0.6 is 0 Å². The number of aromatic nitrogens is 2. The van der Waals surface area contributed by atoms with Gasteiger partial charge in [0.15, 0.2) is 0 Å². The molecule has 5 atom stereocenters. The fraction of sp³-hybridized carbons (Fsp3) is 0.700. The number of hydrogen-bond acceptors (Lipinski definition) is 8. The average molecular weight is 569 g/mol. The van der Waals surface area contributed by atoms with Crippen molar-refractivity contribution in [1.82, 2.24) is 29.8 Å². The minimum atomic E-state index is -0.459. The number of rotatable bonds is 8. The summed E-state index contributed by atoms with van der Waals surface area (Å²) < 4.78 is 13.2. The third-order valence-electron chi connectivity index (χ3n) is 9.24. The molecule has 0 radical (unpaired) electrons. The molecule has 3 unspecified atom stereocenters. The van der Waals surface area contributed by atoms with Gasteiger partial charge in [0.1, 0.15) is 6.10 Å². The molecule has 4 saturated heterocycles. The SMILES string of the molecule is CC(C)n1nc(OC(=O)NC2C[C@H]3CC[C@@H](C2)N3CC(O)CN2CCN(C(=O)C3CCCO3)CC2)c2ccccc21. The Hall–Kier alpha value is -2.73. The van der Waals surface area contributed by atoms with Crippen LogP contribution in [0.2, 0.25) is 0 Å². The quantitative estimate of drug-likeness (QED) is 0.499. The van der Waals surface area contributed by atoms with Crippen LogP contribution in [0.3, 0.4) is 0 Å². The molecule has 1 aromatic carbocycles. The highest BCUT2D eigenvalue weighted by atomic mass is 16.6. The predicted molar refractivity (Wildman–Crippen MR) is 154 cm³/mol. The molecule has 2 aromatic rings. The number of aliphatic hydroxyl groups is 1. The number of carbonyl (C=O) groups is 2. The van der Waals surface area contributed by atoms with E-state index in [4.69, 9.17) is 9.47 Å². The summed E-state index contributed by atoms with van der Waals surface area (Å²) in [4.78, 5) is 32.1. The first-order valence-corrected chi connectivity index (χ1v) is 15.4. The summed E-state index contributed by atoms with van der Waals surface area (Å²) in [7, 11) is 0. The summed E-state index contributed by atoms with van der Waals surface area (Å²) in [5.41, 5.74) is 0.948. The molecular formula is C30H44N6O5. The monoisotopic (exact) mass is 568 g/mol. The zero-order chi connectivity index (χ0) is 28.5. The lowest BCUT2D eigenvalue weighted by Gasteiger charge is -2.41. The molecule has 11 nitrogen and oxygen atoms in total. The Balaban J connectivity index is 0.962. The van der Waals surface area contributed by atoms with Crippen LogP contribution in [0.1, 0.15) is 58.4 Å². The van der Waals surface area contributed by atoms with Crippen LogP contribution in [0.5, 0.6) is 5.88 Å². The Labute approximate surface area is 241 Å². The van der Waals surface area contributed by atoms with Gasteiger partial charge in [-0.1, -0.05) is 12.1 Å². The normalized spacial score (nSPS) is 28.0. The molecule has 0 spiro atoms. The molecule has 224 valence electrons. The molecule has 4 fully saturated rings. The molecule has 1 aromatic heterocycles. The van der Waals surface area contributed by atoms with Gasteiger partial charge in [-0.25, -0.2) is 4.79 Å². The standard InChI is InChI=1S/C30H44N6O5/c1-20(2)36-26-7-4-3-6-25(26)28(32-36)41-30(39)31-21-16-22-9-10-23(17-21)35(22)19-24(37)18-33-11-13-34(14-12-33)29(38)27-8-5-15-40-27/h3-4,6-7,20-24,27,37H,5,8-19H2,1-2H3,(H,31,39)/t21?,22-,23+,24?,27?. The van der Waals surface area contributed by atoms with Crippen molar-refractivity contribution in [3.63, 3.8) is 0 Å². The van der Waals surface area contributed by atoms with E-state index in [0.717, 1.165) is 62.5 Å². The number of nitrogens with zero attached hydrogens (tertiary/aromatic N) is 5. The number of amides is 2. The van der Waals surface area contributed by atoms with Gasteiger partial charge in [0.05, 0.1) is 17.0 Å². The highest BCUT2D eigenvalue weighted by molar-refractivity contribution is 5.87. The lowest BCUT2D eigenvalue weighted by atomic mass is 9.97. The summed E-state index contributed by atoms with van der Waals surface area (Å²) in [6, 6.07) is 8.69. The fourth-order valence-corrected chi connectivity index (χ4v) is 7.23. The number of aliphatic hydroxyl groups excluding tert-OH is 1. The molecule has 4 aliphatic heterocycles. The van der Waals surface area contributed by atoms with E-state index in [1.165, 1.54) is 0 Å². The van der Waals surface area contributed by atoms with Crippen LogP contribution in [0.4, 0.5) is 4.79 Å². The molecule has 4 aliphatic rings. The van der Waals surface area contributed by atoms with Gasteiger partial charge in [0, 0.05) is 70.0 Å². The van der Waals surface area contributed by atoms with Gasteiger partial charge in [-0.3, -0.25) is 19.3 Å². The Morgan fingerprint density at radius 3 is 2.49 bits per heavy atom. The molecule has 5 heterocycles. The number of piperidine rings is 1. The maximum Gasteiger partial charge on any atom is 0.414 e. The number of ether oxygens (including phenoxy) is 2. The van der Waals surface area contributed by atoms with Crippen molar-refractivity contribution < 1.29 is 24.2 Å². The van der Waals surface area contributed by atoms with Crippen molar-refractivity contribution in [2.45, 2.75) is 88.7 Å². The third kappa shape index (κ3) is 6.23. The number of carbonyl (C=O) groups excluding carboxylic acids is 2. The van der Waals surface area contributed by atoms with Crippen molar-refractivity contribution in [2.75, 3.05) is 45.9 Å². The van der Waals surface area contributed by atoms with E-state index < -0.39 is 12.2 Å². The smallest absolute Gasteiger partial charge is 0.390 e. The van der Waals surface area contributed by atoms with Gasteiger partial charge < -0.3 is 24.8 Å². The molecule has 2 N–H and O–H groups in total. The number of benzene rings is 1. The first-order chi connectivity index (χ1) is 19.9. The highest BCUT2D eigenvalue weighted by Crippen LogP contribution is 2.36. The first kappa shape index (κ1) is 28.4. The topological polar surface area (TPSA) is 112 Å². The maximum atomic E-state index is 12.9. The highest BCUT2D eigenvalue weighted by Gasteiger charge is 2.42. The van der Waals surface area contributed by atoms with Crippen LogP contribution in [0.15, 0.2) is 24.3 Å². The van der Waals surface area contributed by atoms with Gasteiger partial charge in [0.2, 0.25) is 0 Å². The molecular weight excluding hydrogens is 524 g/mol. The predicted octanol–water partition coefficient (Wildman–Crippen LogP) is 2.39. The van der Waals surface area contributed by atoms with Crippen LogP contribution in [0.25, 0.3) is 10.9 Å². The first-order valence-electron chi connectivity index (χ1n) is 15.4. The van der Waals surface area contributed by atoms with Crippen molar-refractivity contribution in [1.29, 1.82) is 0 Å². The molecule has 6 rings (SSSR count). The lowest BCUT2D eigenvalue weighted by molar-refractivity contribution is -0.142. The Morgan fingerprint density at radius 1 is 1.07 bits per heavy atom. The van der Waals surface area contributed by atoms with E-state index in [-0.39, 0.29) is 24.1 Å². The van der Waals surface area contributed by atoms with Gasteiger partial charge in [0.25, 0.3) is 11.8 Å². The molecule has 2 amide bonds. The number of piperazine rings is 1. The average Bonchev–Trinajstić information content (AvgIpc) is 3.67. The van der Waals surface area contributed by atoms with E-state index in [9.17, 15) is 14.7 Å². The van der Waals surface area contributed by atoms with E-state index in [1.54, 1.807) is 0 Å². The van der Waals surface area contributed by atoms with Crippen LogP contribution < -0.4 is 10.1 Å². The molecule has 0 saturated carbocycles. The lowest BCUT2D eigenvalue weighted by Crippen LogP contribution is -2.55. The summed E-state index contributed by atoms with van der Waals surface area (Å²) in [5, 5.41) is 19.5. The third-order valence-corrected chi connectivity index (χ3v) is 9.24. The number of β-amino-alcohol motifs (C(OH)–C–C–N with tert-alkyl or cyclic N) is 1. The maximum absolute atomic E-state index is 12.9. The van der Waals surface area contributed by atoms with Crippen LogP contribution in [0, 0.1) is 0 Å². The second kappa shape index (κ2) is 12.2. The second-order valence-electron chi connectivity index (χ2n) is 12.4. The second-order valence-corrected chi connectivity index (χ2v) is 12.4. The van der Waals surface area contributed by atoms with Crippen molar-refractivity contribution in [3.05, 3.63) is 24.3 Å². The number of fused-ring (bicyclic) bond motifs is 3. The van der Waals surface area contributed by atoms with Gasteiger partial charge >= 0.3 is 6.09 Å². The minimum Gasteiger partial charge on any atom is -0.390 e. The zero-order valence-corrected chi connectivity index (χ0v) is 24.3. The summed E-state index contributed by atoms with van der Waals surface area (Å²) >= 11 is 0. The number of nitrogens with one attached hydrogen (secondary N) is 1. The molecule has 2 bridgehead atoms. The summed E-state index contributed by atoms with van der Waals surface area (Å²) in [5.74, 6) is 0.464. The van der Waals surface area contributed by atoms with E-state index in [2.05, 4.69) is 34.1 Å². The zero-order valence-electron chi connectivity index (χ0n) is 24.3. The van der Waals surface area contributed by atoms with Crippen molar-refractivity contribution in [2.24, 2.45) is 0 Å². The van der Waals surface area contributed by atoms with Crippen molar-refractivity contribution in [3.8, 4) is 5.88 Å². The Bertz CT molecular complexity index is 1210. The van der Waals surface area contributed by atoms with Crippen molar-refractivity contribution >= 4 is 22.9 Å². The summed E-state index contributed by atoms with van der Waals surface area (Å²) in [6.07, 6.45) is 4.49. The van der Waals surface area contributed by atoms with E-state index >= 15 is 0 Å². The Kier molecular flexibility index (Phi) is 8.48. The van der Waals surface area contributed by atoms with Gasteiger partial charge in [-0.15, -0.1) is 5.10 Å². The molecule has 41 heavy (non-hydrogen) atoms. The fourth-order valence-electron chi connectivity index (χ4n) is 7.23. The molecule has 0 aliphatic carbocycles.